The number of rotatable bonds is 4. The highest BCUT2D eigenvalue weighted by Gasteiger charge is 2.40. The van der Waals surface area contributed by atoms with Gasteiger partial charge < -0.3 is 15.1 Å². The Morgan fingerprint density at radius 3 is 2.35 bits per heavy atom. The molecule has 182 valence electrons. The minimum absolute atomic E-state index is 0.107. The maximum Gasteiger partial charge on any atom is 0.255 e. The Morgan fingerprint density at radius 1 is 0.853 bits per heavy atom. The molecule has 1 atom stereocenters. The van der Waals surface area contributed by atoms with E-state index < -0.39 is 6.04 Å². The summed E-state index contributed by atoms with van der Waals surface area (Å²) in [5.74, 6) is -0.722. The Labute approximate surface area is 200 Å². The number of imide groups is 1. The van der Waals surface area contributed by atoms with E-state index in [1.165, 1.54) is 25.9 Å². The van der Waals surface area contributed by atoms with Crippen molar-refractivity contribution in [2.45, 2.75) is 50.4 Å². The van der Waals surface area contributed by atoms with Crippen molar-refractivity contribution in [3.8, 4) is 0 Å². The highest BCUT2D eigenvalue weighted by atomic mass is 16.2. The number of carbonyl (C=O) groups is 3. The summed E-state index contributed by atoms with van der Waals surface area (Å²) >= 11 is 0. The lowest BCUT2D eigenvalue weighted by molar-refractivity contribution is -0.136. The van der Waals surface area contributed by atoms with Crippen LogP contribution in [0.1, 0.15) is 41.6 Å². The molecule has 9 heteroatoms. The second-order valence-corrected chi connectivity index (χ2v) is 10.4. The third kappa shape index (κ3) is 3.99. The van der Waals surface area contributed by atoms with Crippen LogP contribution < -0.4 is 15.5 Å². The minimum atomic E-state index is -0.559. The van der Waals surface area contributed by atoms with Crippen molar-refractivity contribution >= 4 is 23.4 Å². The topological polar surface area (TPSA) is 88.2 Å². The van der Waals surface area contributed by atoms with E-state index in [0.717, 1.165) is 56.6 Å². The zero-order chi connectivity index (χ0) is 23.2. The molecule has 0 bridgehead atoms. The SMILES string of the molecule is O=C1CC[C@H](N2Cc3cc(N4CCN(C5CN(C6CCNCC6)C5)CC4)ccc3C2=O)C(=O)N1. The van der Waals surface area contributed by atoms with Gasteiger partial charge in [0.1, 0.15) is 6.04 Å². The lowest BCUT2D eigenvalue weighted by Gasteiger charge is -2.51. The van der Waals surface area contributed by atoms with Gasteiger partial charge in [-0.15, -0.1) is 0 Å². The monoisotopic (exact) mass is 466 g/mol. The summed E-state index contributed by atoms with van der Waals surface area (Å²) in [5, 5.41) is 5.83. The minimum Gasteiger partial charge on any atom is -0.369 e. The van der Waals surface area contributed by atoms with Gasteiger partial charge in [-0.1, -0.05) is 0 Å². The number of carbonyl (C=O) groups excluding carboxylic acids is 3. The van der Waals surface area contributed by atoms with Crippen LogP contribution in [0.5, 0.6) is 0 Å². The van der Waals surface area contributed by atoms with Crippen LogP contribution in [-0.2, 0) is 16.1 Å². The third-order valence-electron chi connectivity index (χ3n) is 8.42. The van der Waals surface area contributed by atoms with Crippen LogP contribution >= 0.6 is 0 Å². The van der Waals surface area contributed by atoms with E-state index in [4.69, 9.17) is 0 Å². The Balaban J connectivity index is 1.04. The Hall–Kier alpha value is -2.49. The first-order valence-corrected chi connectivity index (χ1v) is 12.8. The summed E-state index contributed by atoms with van der Waals surface area (Å²) < 4.78 is 0. The molecule has 3 amide bonds. The number of nitrogens with zero attached hydrogens (tertiary/aromatic N) is 4. The van der Waals surface area contributed by atoms with Crippen molar-refractivity contribution in [3.63, 3.8) is 0 Å². The molecule has 1 aromatic rings. The Bertz CT molecular complexity index is 979. The number of piperazine rings is 1. The number of amides is 3. The maximum absolute atomic E-state index is 12.9. The zero-order valence-electron chi connectivity index (χ0n) is 19.7. The van der Waals surface area contributed by atoms with Crippen molar-refractivity contribution in [1.29, 1.82) is 0 Å². The average molecular weight is 467 g/mol. The van der Waals surface area contributed by atoms with Gasteiger partial charge in [0.2, 0.25) is 11.8 Å². The van der Waals surface area contributed by atoms with Gasteiger partial charge in [-0.25, -0.2) is 0 Å². The highest BCUT2D eigenvalue weighted by Crippen LogP contribution is 2.31. The van der Waals surface area contributed by atoms with Crippen molar-refractivity contribution in [2.75, 3.05) is 57.3 Å². The molecule has 0 unspecified atom stereocenters. The van der Waals surface area contributed by atoms with E-state index in [1.807, 2.05) is 12.1 Å². The molecule has 0 radical (unpaired) electrons. The number of hydrogen-bond donors (Lipinski definition) is 2. The van der Waals surface area contributed by atoms with Crippen molar-refractivity contribution in [1.82, 2.24) is 25.3 Å². The molecular formula is C25H34N6O3. The predicted octanol–water partition coefficient (Wildman–Crippen LogP) is 0.00580. The van der Waals surface area contributed by atoms with Gasteiger partial charge in [0, 0.05) is 75.6 Å². The van der Waals surface area contributed by atoms with E-state index in [1.54, 1.807) is 4.90 Å². The first-order valence-electron chi connectivity index (χ1n) is 12.8. The molecule has 1 aromatic carbocycles. The number of anilines is 1. The number of hydrogen-bond acceptors (Lipinski definition) is 7. The number of piperidine rings is 2. The van der Waals surface area contributed by atoms with Gasteiger partial charge in [-0.05, 0) is 56.1 Å². The van der Waals surface area contributed by atoms with Crippen molar-refractivity contribution in [3.05, 3.63) is 29.3 Å². The van der Waals surface area contributed by atoms with Gasteiger partial charge >= 0.3 is 0 Å². The van der Waals surface area contributed by atoms with E-state index in [2.05, 4.69) is 31.4 Å². The van der Waals surface area contributed by atoms with E-state index >= 15 is 0 Å². The molecule has 0 spiro atoms. The molecule has 5 aliphatic heterocycles. The van der Waals surface area contributed by atoms with Gasteiger partial charge in [-0.2, -0.15) is 0 Å². The molecule has 5 aliphatic rings. The summed E-state index contributed by atoms with van der Waals surface area (Å²) in [6, 6.07) is 6.98. The van der Waals surface area contributed by atoms with Crippen molar-refractivity contribution in [2.24, 2.45) is 0 Å². The fraction of sp³-hybridized carbons (Fsp3) is 0.640. The summed E-state index contributed by atoms with van der Waals surface area (Å²) in [6.07, 6.45) is 3.24. The van der Waals surface area contributed by atoms with Crippen molar-refractivity contribution < 1.29 is 14.4 Å². The van der Waals surface area contributed by atoms with E-state index in [-0.39, 0.29) is 24.1 Å². The highest BCUT2D eigenvalue weighted by molar-refractivity contribution is 6.05. The quantitative estimate of drug-likeness (QED) is 0.605. The van der Waals surface area contributed by atoms with Gasteiger partial charge in [0.15, 0.2) is 0 Å². The van der Waals surface area contributed by atoms with Crippen LogP contribution in [0.4, 0.5) is 5.69 Å². The van der Waals surface area contributed by atoms with Crippen LogP contribution in [0.3, 0.4) is 0 Å². The standard InChI is InChI=1S/C25H34N6O3/c32-23-4-3-22(24(33)27-23)31-14-17-13-19(1-2-21(17)25(31)34)28-9-11-29(12-10-28)20-15-30(16-20)18-5-7-26-8-6-18/h1-2,13,18,20,22,26H,3-12,14-16H2,(H,27,32,33)/t22-/m0/s1. The predicted molar refractivity (Wildman–Crippen MR) is 128 cm³/mol. The largest absolute Gasteiger partial charge is 0.369 e. The number of fused-ring (bicyclic) bond motifs is 1. The average Bonchev–Trinajstić information content (AvgIpc) is 3.15. The van der Waals surface area contributed by atoms with Crippen LogP contribution in [0, 0.1) is 0 Å². The molecule has 6 rings (SSSR count). The maximum atomic E-state index is 12.9. The van der Waals surface area contributed by atoms with Crippen LogP contribution in [0.15, 0.2) is 18.2 Å². The van der Waals surface area contributed by atoms with E-state index in [0.29, 0.717) is 24.6 Å². The molecule has 0 aliphatic carbocycles. The fourth-order valence-electron chi connectivity index (χ4n) is 6.29. The summed E-state index contributed by atoms with van der Waals surface area (Å²) in [5.41, 5.74) is 2.81. The molecule has 4 fully saturated rings. The third-order valence-corrected chi connectivity index (χ3v) is 8.42. The van der Waals surface area contributed by atoms with Crippen LogP contribution in [0.2, 0.25) is 0 Å². The molecule has 5 heterocycles. The zero-order valence-corrected chi connectivity index (χ0v) is 19.7. The number of benzene rings is 1. The number of nitrogens with one attached hydrogen (secondary N) is 2. The normalized spacial score (nSPS) is 27.6. The molecule has 0 saturated carbocycles. The summed E-state index contributed by atoms with van der Waals surface area (Å²) in [6.45, 7) is 9.30. The smallest absolute Gasteiger partial charge is 0.255 e. The summed E-state index contributed by atoms with van der Waals surface area (Å²) in [4.78, 5) is 46.1. The Kier molecular flexibility index (Phi) is 5.79. The van der Waals surface area contributed by atoms with Gasteiger partial charge in [0.25, 0.3) is 5.91 Å². The molecular weight excluding hydrogens is 432 g/mol. The molecule has 34 heavy (non-hydrogen) atoms. The molecule has 9 nitrogen and oxygen atoms in total. The van der Waals surface area contributed by atoms with Gasteiger partial charge in [0.05, 0.1) is 0 Å². The van der Waals surface area contributed by atoms with Crippen LogP contribution in [-0.4, -0.2) is 103 Å². The Morgan fingerprint density at radius 2 is 1.62 bits per heavy atom. The first kappa shape index (κ1) is 22.0. The molecule has 0 aromatic heterocycles. The lowest BCUT2D eigenvalue weighted by Crippen LogP contribution is -2.65. The molecule has 4 saturated heterocycles. The first-order chi connectivity index (χ1) is 16.6. The second kappa shape index (κ2) is 8.94. The lowest BCUT2D eigenvalue weighted by atomic mass is 9.97. The number of likely N-dealkylation sites (tertiary alicyclic amines) is 1. The summed E-state index contributed by atoms with van der Waals surface area (Å²) in [7, 11) is 0. The van der Waals surface area contributed by atoms with Crippen LogP contribution in [0.25, 0.3) is 0 Å². The second-order valence-electron chi connectivity index (χ2n) is 10.4. The van der Waals surface area contributed by atoms with E-state index in [9.17, 15) is 14.4 Å². The molecule has 2 N–H and O–H groups in total. The fourth-order valence-corrected chi connectivity index (χ4v) is 6.29. The van der Waals surface area contributed by atoms with Gasteiger partial charge in [-0.3, -0.25) is 29.5 Å².